The van der Waals surface area contributed by atoms with E-state index in [9.17, 15) is 8.42 Å². The molecule has 0 fully saturated rings. The molecule has 0 saturated carbocycles. The topological polar surface area (TPSA) is 64.1 Å². The van der Waals surface area contributed by atoms with Crippen LogP contribution in [0.4, 0.5) is 0 Å². The molecular weight excluding hydrogens is 296 g/mol. The average Bonchev–Trinajstić information content (AvgIpc) is 2.66. The number of benzene rings is 1. The molecule has 0 bridgehead atoms. The zero-order chi connectivity index (χ0) is 14.8. The number of para-hydroxylation sites is 1. The molecule has 0 unspecified atom stereocenters. The number of fused-ring (bicyclic) bond motifs is 1. The predicted molar refractivity (Wildman–Crippen MR) is 82.6 cm³/mol. The Balaban J connectivity index is 2.32. The summed E-state index contributed by atoms with van der Waals surface area (Å²) in [5.74, 6) is 0.921. The van der Waals surface area contributed by atoms with Crippen LogP contribution < -0.4 is 4.74 Å². The van der Waals surface area contributed by atoms with Gasteiger partial charge in [0.05, 0.1) is 17.9 Å². The van der Waals surface area contributed by atoms with Gasteiger partial charge in [-0.1, -0.05) is 6.07 Å². The highest BCUT2D eigenvalue weighted by atomic mass is 32.2. The van der Waals surface area contributed by atoms with Crippen molar-refractivity contribution in [3.8, 4) is 5.75 Å². The largest absolute Gasteiger partial charge is 0.492 e. The highest BCUT2D eigenvalue weighted by Gasteiger charge is 2.10. The van der Waals surface area contributed by atoms with E-state index in [0.717, 1.165) is 16.8 Å². The van der Waals surface area contributed by atoms with Crippen molar-refractivity contribution in [1.29, 1.82) is 0 Å². The van der Waals surface area contributed by atoms with E-state index in [4.69, 9.17) is 17.0 Å². The lowest BCUT2D eigenvalue weighted by Gasteiger charge is -2.06. The molecule has 110 valence electrons. The zero-order valence-corrected chi connectivity index (χ0v) is 13.2. The Labute approximate surface area is 123 Å². The van der Waals surface area contributed by atoms with Crippen molar-refractivity contribution in [1.82, 2.24) is 9.55 Å². The van der Waals surface area contributed by atoms with Gasteiger partial charge in [0.1, 0.15) is 21.1 Å². The van der Waals surface area contributed by atoms with Crippen LogP contribution in [-0.2, 0) is 16.4 Å². The molecule has 0 saturated heterocycles. The summed E-state index contributed by atoms with van der Waals surface area (Å²) in [7, 11) is -2.94. The van der Waals surface area contributed by atoms with Gasteiger partial charge in [-0.05, 0) is 37.7 Å². The van der Waals surface area contributed by atoms with E-state index in [2.05, 4.69) is 4.98 Å². The maximum absolute atomic E-state index is 11.2. The van der Waals surface area contributed by atoms with Gasteiger partial charge in [0, 0.05) is 12.8 Å². The molecule has 1 heterocycles. The quantitative estimate of drug-likeness (QED) is 0.832. The number of sulfone groups is 1. The predicted octanol–water partition coefficient (Wildman–Crippen LogP) is 2.53. The SMILES string of the molecule is CCOc1cccc2c1[nH]c(=S)n2CCCS(C)(=O)=O. The summed E-state index contributed by atoms with van der Waals surface area (Å²) in [6, 6.07) is 5.74. The lowest BCUT2D eigenvalue weighted by molar-refractivity contribution is 0.343. The molecule has 1 aromatic carbocycles. The molecule has 0 aliphatic carbocycles. The number of aromatic nitrogens is 2. The monoisotopic (exact) mass is 314 g/mol. The highest BCUT2D eigenvalue weighted by molar-refractivity contribution is 7.90. The van der Waals surface area contributed by atoms with Crippen molar-refractivity contribution in [2.45, 2.75) is 19.9 Å². The molecule has 0 spiro atoms. The first-order valence-corrected chi connectivity index (χ1v) is 8.91. The second-order valence-corrected chi connectivity index (χ2v) is 7.29. The van der Waals surface area contributed by atoms with E-state index in [1.807, 2.05) is 29.7 Å². The maximum Gasteiger partial charge on any atom is 0.178 e. The maximum atomic E-state index is 11.2. The van der Waals surface area contributed by atoms with Crippen LogP contribution in [-0.4, -0.2) is 36.6 Å². The summed E-state index contributed by atoms with van der Waals surface area (Å²) in [4.78, 5) is 3.13. The number of H-pyrrole nitrogens is 1. The molecule has 0 aliphatic rings. The standard InChI is InChI=1S/C13H18N2O3S2/c1-3-18-11-7-4-6-10-12(11)14-13(19)15(10)8-5-9-20(2,16)17/h4,6-7H,3,5,8-9H2,1-2H3,(H,14,19). The Hall–Kier alpha value is -1.34. The average molecular weight is 314 g/mol. The summed E-state index contributed by atoms with van der Waals surface area (Å²) in [5.41, 5.74) is 1.80. The fraction of sp³-hybridized carbons (Fsp3) is 0.462. The van der Waals surface area contributed by atoms with Gasteiger partial charge in [0.25, 0.3) is 0 Å². The molecule has 1 N–H and O–H groups in total. The minimum absolute atomic E-state index is 0.159. The van der Waals surface area contributed by atoms with Gasteiger partial charge in [-0.15, -0.1) is 0 Å². The van der Waals surface area contributed by atoms with Gasteiger partial charge in [0.15, 0.2) is 4.77 Å². The van der Waals surface area contributed by atoms with Crippen LogP contribution in [0.5, 0.6) is 5.75 Å². The lowest BCUT2D eigenvalue weighted by atomic mass is 10.3. The van der Waals surface area contributed by atoms with Crippen LogP contribution in [0.25, 0.3) is 11.0 Å². The number of nitrogens with one attached hydrogen (secondary N) is 1. The zero-order valence-electron chi connectivity index (χ0n) is 11.5. The third-order valence-electron chi connectivity index (χ3n) is 2.97. The van der Waals surface area contributed by atoms with E-state index in [-0.39, 0.29) is 5.75 Å². The van der Waals surface area contributed by atoms with Crippen LogP contribution in [0.2, 0.25) is 0 Å². The Morgan fingerprint density at radius 2 is 2.15 bits per heavy atom. The summed E-state index contributed by atoms with van der Waals surface area (Å²) >= 11 is 5.31. The highest BCUT2D eigenvalue weighted by Crippen LogP contribution is 2.25. The Kier molecular flexibility index (Phi) is 4.49. The first-order chi connectivity index (χ1) is 9.42. The van der Waals surface area contributed by atoms with Crippen molar-refractivity contribution < 1.29 is 13.2 Å². The molecule has 20 heavy (non-hydrogen) atoms. The van der Waals surface area contributed by atoms with Gasteiger partial charge in [-0.3, -0.25) is 0 Å². The second-order valence-electron chi connectivity index (χ2n) is 4.65. The molecule has 7 heteroatoms. The van der Waals surface area contributed by atoms with Crippen molar-refractivity contribution in [3.63, 3.8) is 0 Å². The number of hydrogen-bond donors (Lipinski definition) is 1. The summed E-state index contributed by atoms with van der Waals surface area (Å²) in [6.07, 6.45) is 1.79. The smallest absolute Gasteiger partial charge is 0.178 e. The van der Waals surface area contributed by atoms with Gasteiger partial charge in [-0.2, -0.15) is 0 Å². The number of hydrogen-bond acceptors (Lipinski definition) is 4. The van der Waals surface area contributed by atoms with Crippen molar-refractivity contribution in [2.24, 2.45) is 0 Å². The Bertz CT molecular complexity index is 760. The number of aryl methyl sites for hydroxylation is 1. The van der Waals surface area contributed by atoms with Crippen LogP contribution in [0.15, 0.2) is 18.2 Å². The molecule has 2 aromatic rings. The third-order valence-corrected chi connectivity index (χ3v) is 4.32. The molecule has 0 atom stereocenters. The minimum atomic E-state index is -2.94. The molecule has 5 nitrogen and oxygen atoms in total. The first kappa shape index (κ1) is 15.1. The molecule has 0 radical (unpaired) electrons. The van der Waals surface area contributed by atoms with Gasteiger partial charge in [-0.25, -0.2) is 8.42 Å². The van der Waals surface area contributed by atoms with E-state index < -0.39 is 9.84 Å². The van der Waals surface area contributed by atoms with Crippen LogP contribution in [0.3, 0.4) is 0 Å². The number of imidazole rings is 1. The van der Waals surface area contributed by atoms with Crippen molar-refractivity contribution in [3.05, 3.63) is 23.0 Å². The van der Waals surface area contributed by atoms with E-state index in [1.54, 1.807) is 0 Å². The van der Waals surface area contributed by atoms with Crippen LogP contribution in [0.1, 0.15) is 13.3 Å². The third kappa shape index (κ3) is 3.40. The van der Waals surface area contributed by atoms with Gasteiger partial charge < -0.3 is 14.3 Å². The van der Waals surface area contributed by atoms with Crippen LogP contribution >= 0.6 is 12.2 Å². The molecule has 0 amide bonds. The number of nitrogens with zero attached hydrogens (tertiary/aromatic N) is 1. The van der Waals surface area contributed by atoms with Crippen molar-refractivity contribution >= 4 is 33.1 Å². The summed E-state index contributed by atoms with van der Waals surface area (Å²) in [6.45, 7) is 3.08. The van der Waals surface area contributed by atoms with Gasteiger partial charge >= 0.3 is 0 Å². The molecular formula is C13H18N2O3S2. The first-order valence-electron chi connectivity index (χ1n) is 6.44. The minimum Gasteiger partial charge on any atom is -0.492 e. The van der Waals surface area contributed by atoms with Crippen molar-refractivity contribution in [2.75, 3.05) is 18.6 Å². The lowest BCUT2D eigenvalue weighted by Crippen LogP contribution is -2.07. The molecule has 2 rings (SSSR count). The Morgan fingerprint density at radius 1 is 1.40 bits per heavy atom. The van der Waals surface area contributed by atoms with E-state index >= 15 is 0 Å². The van der Waals surface area contributed by atoms with E-state index in [1.165, 1.54) is 6.26 Å². The summed E-state index contributed by atoms with van der Waals surface area (Å²) in [5, 5.41) is 0. The molecule has 0 aliphatic heterocycles. The van der Waals surface area contributed by atoms with Crippen LogP contribution in [0, 0.1) is 4.77 Å². The second kappa shape index (κ2) is 5.97. The number of rotatable bonds is 6. The number of aromatic amines is 1. The number of ether oxygens (including phenoxy) is 1. The van der Waals surface area contributed by atoms with Gasteiger partial charge in [0.2, 0.25) is 0 Å². The fourth-order valence-corrected chi connectivity index (χ4v) is 3.08. The fourth-order valence-electron chi connectivity index (χ4n) is 2.14. The molecule has 1 aromatic heterocycles. The Morgan fingerprint density at radius 3 is 2.80 bits per heavy atom. The van der Waals surface area contributed by atoms with E-state index in [0.29, 0.717) is 24.3 Å². The summed E-state index contributed by atoms with van der Waals surface area (Å²) < 4.78 is 30.4. The normalized spacial score (nSPS) is 11.9.